The van der Waals surface area contributed by atoms with Crippen LogP contribution in [0.1, 0.15) is 18.4 Å². The fourth-order valence-electron chi connectivity index (χ4n) is 4.27. The van der Waals surface area contributed by atoms with E-state index in [1.54, 1.807) is 0 Å². The Balaban J connectivity index is 1.53. The molecule has 4 aromatic rings. The minimum absolute atomic E-state index is 0.374. The van der Waals surface area contributed by atoms with E-state index in [4.69, 9.17) is 5.73 Å². The monoisotopic (exact) mass is 367 g/mol. The van der Waals surface area contributed by atoms with Crippen molar-refractivity contribution in [3.63, 3.8) is 0 Å². The zero-order valence-corrected chi connectivity index (χ0v) is 16.0. The summed E-state index contributed by atoms with van der Waals surface area (Å²) in [5, 5.41) is 4.99. The summed E-state index contributed by atoms with van der Waals surface area (Å²) in [5.74, 6) is 0. The lowest BCUT2D eigenvalue weighted by Gasteiger charge is -2.30. The maximum Gasteiger partial charge on any atom is 0.0352 e. The van der Waals surface area contributed by atoms with E-state index in [0.29, 0.717) is 6.04 Å². The number of hydrogen-bond donors (Lipinski definition) is 1. The Labute approximate surface area is 165 Å². The minimum atomic E-state index is 0.374. The number of fused-ring (bicyclic) bond motifs is 2. The van der Waals surface area contributed by atoms with Gasteiger partial charge in [0.2, 0.25) is 0 Å². The first-order valence-electron chi connectivity index (χ1n) is 10.1. The van der Waals surface area contributed by atoms with Gasteiger partial charge in [0.1, 0.15) is 0 Å². The van der Waals surface area contributed by atoms with Gasteiger partial charge in [-0.15, -0.1) is 0 Å². The highest BCUT2D eigenvalue weighted by Gasteiger charge is 2.16. The van der Waals surface area contributed by atoms with Crippen molar-refractivity contribution in [2.75, 3.05) is 13.1 Å². The van der Waals surface area contributed by atoms with Crippen molar-refractivity contribution in [1.29, 1.82) is 0 Å². The van der Waals surface area contributed by atoms with E-state index in [1.807, 2.05) is 12.4 Å². The van der Waals surface area contributed by atoms with Gasteiger partial charge in [-0.05, 0) is 65.3 Å². The first-order valence-corrected chi connectivity index (χ1v) is 10.1. The van der Waals surface area contributed by atoms with E-state index in [9.17, 15) is 0 Å². The van der Waals surface area contributed by atoms with Crippen LogP contribution in [0.5, 0.6) is 0 Å². The third-order valence-corrected chi connectivity index (χ3v) is 5.92. The summed E-state index contributed by atoms with van der Waals surface area (Å²) < 4.78 is 0. The Hall–Kier alpha value is -2.75. The highest BCUT2D eigenvalue weighted by Crippen LogP contribution is 2.31. The molecule has 3 heteroatoms. The molecule has 0 amide bonds. The van der Waals surface area contributed by atoms with Crippen LogP contribution in [0.2, 0.25) is 0 Å². The van der Waals surface area contributed by atoms with Crippen molar-refractivity contribution < 1.29 is 0 Å². The molecule has 1 aliphatic rings. The second kappa shape index (κ2) is 7.34. The highest BCUT2D eigenvalue weighted by molar-refractivity contribution is 5.98. The zero-order valence-electron chi connectivity index (χ0n) is 16.0. The number of aromatic nitrogens is 1. The summed E-state index contributed by atoms with van der Waals surface area (Å²) in [6.45, 7) is 3.17. The number of nitrogens with two attached hydrogens (primary N) is 1. The van der Waals surface area contributed by atoms with Crippen LogP contribution < -0.4 is 5.73 Å². The fraction of sp³-hybridized carbons (Fsp3) is 0.240. The van der Waals surface area contributed by atoms with Gasteiger partial charge in [-0.25, -0.2) is 0 Å². The summed E-state index contributed by atoms with van der Waals surface area (Å²) in [4.78, 5) is 7.01. The molecule has 2 heterocycles. The molecule has 3 nitrogen and oxygen atoms in total. The maximum atomic E-state index is 6.05. The number of pyridine rings is 1. The second-order valence-electron chi connectivity index (χ2n) is 7.92. The zero-order chi connectivity index (χ0) is 18.9. The standard InChI is InChI=1S/C25H25N3/c26-23-9-11-28(12-10-23)17-18-5-6-22-15-27-16-25(24(22)13-18)21-8-7-19-3-1-2-4-20(19)14-21/h1-8,13-16,23H,9-12,17,26H2. The van der Waals surface area contributed by atoms with Crippen molar-refractivity contribution in [3.05, 3.63) is 78.6 Å². The summed E-state index contributed by atoms with van der Waals surface area (Å²) in [5.41, 5.74) is 9.83. The predicted molar refractivity (Wildman–Crippen MR) is 117 cm³/mol. The van der Waals surface area contributed by atoms with E-state index in [-0.39, 0.29) is 0 Å². The Morgan fingerprint density at radius 1 is 0.857 bits per heavy atom. The van der Waals surface area contributed by atoms with Crippen molar-refractivity contribution in [2.24, 2.45) is 5.73 Å². The Bertz CT molecular complexity index is 1130. The molecule has 1 aromatic heterocycles. The summed E-state index contributed by atoms with van der Waals surface area (Å²) in [7, 11) is 0. The molecule has 0 aliphatic carbocycles. The minimum Gasteiger partial charge on any atom is -0.328 e. The van der Waals surface area contributed by atoms with E-state index in [0.717, 1.165) is 32.5 Å². The van der Waals surface area contributed by atoms with Crippen molar-refractivity contribution in [2.45, 2.75) is 25.4 Å². The molecular formula is C25H25N3. The maximum absolute atomic E-state index is 6.05. The number of benzene rings is 3. The summed E-state index contributed by atoms with van der Waals surface area (Å²) in [6.07, 6.45) is 6.15. The molecule has 1 aliphatic heterocycles. The van der Waals surface area contributed by atoms with Crippen molar-refractivity contribution in [3.8, 4) is 11.1 Å². The average molecular weight is 367 g/mol. The van der Waals surface area contributed by atoms with Gasteiger partial charge in [0.05, 0.1) is 0 Å². The molecule has 0 atom stereocenters. The SMILES string of the molecule is NC1CCN(Cc2ccc3cncc(-c4ccc5ccccc5c4)c3c2)CC1. The van der Waals surface area contributed by atoms with Gasteiger partial charge < -0.3 is 5.73 Å². The highest BCUT2D eigenvalue weighted by atomic mass is 15.1. The Kier molecular flexibility index (Phi) is 4.55. The van der Waals surface area contributed by atoms with Gasteiger partial charge in [0.15, 0.2) is 0 Å². The number of likely N-dealkylation sites (tertiary alicyclic amines) is 1. The number of piperidine rings is 1. The second-order valence-corrected chi connectivity index (χ2v) is 7.92. The molecule has 0 bridgehead atoms. The molecule has 1 fully saturated rings. The van der Waals surface area contributed by atoms with Crippen LogP contribution in [-0.4, -0.2) is 29.0 Å². The fourth-order valence-corrected chi connectivity index (χ4v) is 4.27. The number of hydrogen-bond acceptors (Lipinski definition) is 3. The molecule has 2 N–H and O–H groups in total. The van der Waals surface area contributed by atoms with Gasteiger partial charge in [-0.1, -0.05) is 48.5 Å². The molecule has 1 saturated heterocycles. The van der Waals surface area contributed by atoms with Gasteiger partial charge in [-0.2, -0.15) is 0 Å². The van der Waals surface area contributed by atoms with Crippen molar-refractivity contribution >= 4 is 21.5 Å². The molecule has 0 unspecified atom stereocenters. The molecule has 28 heavy (non-hydrogen) atoms. The Morgan fingerprint density at radius 2 is 1.64 bits per heavy atom. The van der Waals surface area contributed by atoms with Crippen LogP contribution in [0.4, 0.5) is 0 Å². The van der Waals surface area contributed by atoms with E-state index in [1.165, 1.54) is 38.2 Å². The quantitative estimate of drug-likeness (QED) is 0.555. The lowest BCUT2D eigenvalue weighted by molar-refractivity contribution is 0.206. The Morgan fingerprint density at radius 3 is 2.50 bits per heavy atom. The van der Waals surface area contributed by atoms with Gasteiger partial charge in [0.25, 0.3) is 0 Å². The molecule has 5 rings (SSSR count). The average Bonchev–Trinajstić information content (AvgIpc) is 2.74. The van der Waals surface area contributed by atoms with Crippen LogP contribution in [0.25, 0.3) is 32.7 Å². The summed E-state index contributed by atoms with van der Waals surface area (Å²) in [6, 6.07) is 22.3. The lowest BCUT2D eigenvalue weighted by atomic mass is 9.97. The topological polar surface area (TPSA) is 42.1 Å². The van der Waals surface area contributed by atoms with Gasteiger partial charge in [-0.3, -0.25) is 9.88 Å². The third kappa shape index (κ3) is 3.39. The third-order valence-electron chi connectivity index (χ3n) is 5.92. The van der Waals surface area contributed by atoms with Crippen LogP contribution >= 0.6 is 0 Å². The van der Waals surface area contributed by atoms with E-state index in [2.05, 4.69) is 70.5 Å². The summed E-state index contributed by atoms with van der Waals surface area (Å²) >= 11 is 0. The molecular weight excluding hydrogens is 342 g/mol. The van der Waals surface area contributed by atoms with Crippen LogP contribution in [-0.2, 0) is 6.54 Å². The lowest BCUT2D eigenvalue weighted by Crippen LogP contribution is -2.39. The van der Waals surface area contributed by atoms with Gasteiger partial charge in [0, 0.05) is 35.9 Å². The predicted octanol–water partition coefficient (Wildman–Crippen LogP) is 4.98. The van der Waals surface area contributed by atoms with Crippen LogP contribution in [0.15, 0.2) is 73.1 Å². The van der Waals surface area contributed by atoms with Crippen LogP contribution in [0, 0.1) is 0 Å². The molecule has 0 spiro atoms. The first kappa shape index (κ1) is 17.4. The van der Waals surface area contributed by atoms with E-state index >= 15 is 0 Å². The molecule has 0 saturated carbocycles. The smallest absolute Gasteiger partial charge is 0.0352 e. The van der Waals surface area contributed by atoms with Crippen molar-refractivity contribution in [1.82, 2.24) is 9.88 Å². The van der Waals surface area contributed by atoms with E-state index < -0.39 is 0 Å². The molecule has 0 radical (unpaired) electrons. The van der Waals surface area contributed by atoms with Gasteiger partial charge >= 0.3 is 0 Å². The number of nitrogens with zero attached hydrogens (tertiary/aromatic N) is 2. The largest absolute Gasteiger partial charge is 0.328 e. The molecule has 140 valence electrons. The first-order chi connectivity index (χ1) is 13.8. The normalized spacial score (nSPS) is 16.0. The molecule has 3 aromatic carbocycles. The number of rotatable bonds is 3. The van der Waals surface area contributed by atoms with Crippen LogP contribution in [0.3, 0.4) is 0 Å².